The van der Waals surface area contributed by atoms with Gasteiger partial charge in [-0.3, -0.25) is 19.3 Å². The lowest BCUT2D eigenvalue weighted by Crippen LogP contribution is -2.49. The number of pyridine rings is 1. The molecular weight excluding hydrogens is 424 g/mol. The van der Waals surface area contributed by atoms with E-state index in [1.54, 1.807) is 12.7 Å². The number of nitrogens with zero attached hydrogens (tertiary/aromatic N) is 6. The fourth-order valence-corrected chi connectivity index (χ4v) is 5.39. The smallest absolute Gasteiger partial charge is 0.290 e. The van der Waals surface area contributed by atoms with E-state index in [-0.39, 0.29) is 23.9 Å². The highest BCUT2D eigenvalue weighted by atomic mass is 16.3. The monoisotopic (exact) mass is 456 g/mol. The molecule has 1 amide bonds. The number of piperidine rings is 2. The third kappa shape index (κ3) is 5.50. The molecule has 2 aromatic rings. The molecule has 2 bridgehead atoms. The highest BCUT2D eigenvalue weighted by Gasteiger charge is 2.36. The van der Waals surface area contributed by atoms with Crippen molar-refractivity contribution in [2.24, 2.45) is 5.92 Å². The fourth-order valence-electron chi connectivity index (χ4n) is 5.39. The van der Waals surface area contributed by atoms with Crippen molar-refractivity contribution < 1.29 is 14.7 Å². The summed E-state index contributed by atoms with van der Waals surface area (Å²) >= 11 is 0. The van der Waals surface area contributed by atoms with Crippen LogP contribution >= 0.6 is 0 Å². The normalized spacial score (nSPS) is 22.1. The van der Waals surface area contributed by atoms with Crippen molar-refractivity contribution in [2.75, 3.05) is 26.2 Å². The largest absolute Gasteiger partial charge is 0.483 e. The predicted molar refractivity (Wildman–Crippen MR) is 121 cm³/mol. The number of hydrogen-bond donors (Lipinski definition) is 1. The molecule has 2 fully saturated rings. The van der Waals surface area contributed by atoms with E-state index < -0.39 is 0 Å². The molecule has 10 nitrogen and oxygen atoms in total. The Morgan fingerprint density at radius 1 is 1.09 bits per heavy atom. The maximum atomic E-state index is 13.2. The highest BCUT2D eigenvalue weighted by Crippen LogP contribution is 2.35. The maximum Gasteiger partial charge on any atom is 0.290 e. The molecular formula is C23H32N6O4. The van der Waals surface area contributed by atoms with E-state index in [0.29, 0.717) is 25.4 Å². The Morgan fingerprint density at radius 2 is 1.82 bits per heavy atom. The first kappa shape index (κ1) is 23.2. The lowest BCUT2D eigenvalue weighted by molar-refractivity contribution is -0.134. The van der Waals surface area contributed by atoms with Crippen molar-refractivity contribution >= 4 is 12.4 Å². The van der Waals surface area contributed by atoms with Gasteiger partial charge >= 0.3 is 0 Å². The molecule has 0 unspecified atom stereocenters. The van der Waals surface area contributed by atoms with Crippen LogP contribution in [0.5, 0.6) is 0 Å². The minimum atomic E-state index is -0.250. The summed E-state index contributed by atoms with van der Waals surface area (Å²) in [6.07, 6.45) is 8.58. The summed E-state index contributed by atoms with van der Waals surface area (Å²) in [4.78, 5) is 38.8. The summed E-state index contributed by atoms with van der Waals surface area (Å²) < 4.78 is 3.85. The number of fused-ring (bicyclic) bond motifs is 4. The molecule has 2 saturated heterocycles. The molecule has 0 spiro atoms. The van der Waals surface area contributed by atoms with Crippen LogP contribution in [0.15, 0.2) is 29.6 Å². The summed E-state index contributed by atoms with van der Waals surface area (Å²) in [5.41, 5.74) is 2.21. The Bertz CT molecular complexity index is 999. The Morgan fingerprint density at radius 3 is 2.55 bits per heavy atom. The molecule has 0 aromatic carbocycles. The second-order valence-electron chi connectivity index (χ2n) is 9.19. The zero-order valence-corrected chi connectivity index (χ0v) is 18.9. The summed E-state index contributed by atoms with van der Waals surface area (Å²) in [7, 11) is 0. The van der Waals surface area contributed by atoms with Gasteiger partial charge in [-0.15, -0.1) is 10.2 Å². The van der Waals surface area contributed by atoms with Crippen LogP contribution in [0.25, 0.3) is 0 Å². The number of hydrogen-bond acceptors (Lipinski definition) is 6. The molecule has 3 aliphatic rings. The number of carbonyl (C=O) groups is 2. The predicted octanol–water partition coefficient (Wildman–Crippen LogP) is 1.16. The minimum Gasteiger partial charge on any atom is -0.483 e. The third-order valence-corrected chi connectivity index (χ3v) is 6.93. The molecule has 178 valence electrons. The van der Waals surface area contributed by atoms with Crippen LogP contribution in [-0.4, -0.2) is 72.8 Å². The van der Waals surface area contributed by atoms with Crippen molar-refractivity contribution in [2.45, 2.75) is 57.7 Å². The van der Waals surface area contributed by atoms with Crippen LogP contribution in [0.2, 0.25) is 0 Å². The van der Waals surface area contributed by atoms with Gasteiger partial charge in [-0.25, -0.2) is 0 Å². The van der Waals surface area contributed by atoms with E-state index >= 15 is 0 Å². The molecule has 3 aliphatic heterocycles. The van der Waals surface area contributed by atoms with Crippen LogP contribution in [0.1, 0.15) is 49.3 Å². The number of aryl methyl sites for hydroxylation is 1. The van der Waals surface area contributed by atoms with Gasteiger partial charge in [-0.1, -0.05) is 12.5 Å². The van der Waals surface area contributed by atoms with Gasteiger partial charge in [0.25, 0.3) is 12.0 Å². The minimum absolute atomic E-state index is 0.177. The number of likely N-dealkylation sites (tertiary alicyclic amines) is 2. The van der Waals surface area contributed by atoms with Crippen LogP contribution in [-0.2, 0) is 29.2 Å². The summed E-state index contributed by atoms with van der Waals surface area (Å²) in [6.45, 7) is 5.50. The van der Waals surface area contributed by atoms with Gasteiger partial charge in [0.2, 0.25) is 5.91 Å². The SMILES string of the molecule is O=C(CCn1cnnc1)N1C[C@@H]2C[C@H](C1)c1ccc(CN3CCCCC3)c(=O)n1C2.O=CO. The Hall–Kier alpha value is -3.01. The first-order valence-corrected chi connectivity index (χ1v) is 11.7. The van der Waals surface area contributed by atoms with E-state index in [4.69, 9.17) is 9.90 Å². The number of amides is 1. The summed E-state index contributed by atoms with van der Waals surface area (Å²) in [5, 5.41) is 14.5. The molecule has 1 N–H and O–H groups in total. The van der Waals surface area contributed by atoms with E-state index in [2.05, 4.69) is 21.2 Å². The standard InChI is InChI=1S/C22H30N6O2.CH2O2/c29-21(6-9-26-15-23-24-16-26)27-11-17-10-19(14-27)20-5-4-18(22(30)28(20)12-17)13-25-7-2-1-3-8-25;2-1-3/h4-5,15-17,19H,1-3,6-14H2;1H,(H,2,3)/t17-,19+;/m0./s1. The van der Waals surface area contributed by atoms with Crippen molar-refractivity contribution in [1.29, 1.82) is 0 Å². The van der Waals surface area contributed by atoms with Gasteiger partial charge < -0.3 is 19.1 Å². The van der Waals surface area contributed by atoms with Crippen molar-refractivity contribution in [3.63, 3.8) is 0 Å². The van der Waals surface area contributed by atoms with Gasteiger partial charge in [-0.2, -0.15) is 0 Å². The molecule has 5 rings (SSSR count). The first-order chi connectivity index (χ1) is 16.1. The number of carbonyl (C=O) groups excluding carboxylic acids is 1. The Labute approximate surface area is 192 Å². The average Bonchev–Trinajstić information content (AvgIpc) is 3.34. The number of aromatic nitrogens is 4. The van der Waals surface area contributed by atoms with Crippen LogP contribution in [0.4, 0.5) is 0 Å². The van der Waals surface area contributed by atoms with Gasteiger partial charge in [-0.05, 0) is 44.3 Å². The van der Waals surface area contributed by atoms with Crippen molar-refractivity contribution in [3.8, 4) is 0 Å². The molecule has 2 atom stereocenters. The summed E-state index contributed by atoms with van der Waals surface area (Å²) in [5.74, 6) is 0.794. The molecule has 0 radical (unpaired) electrons. The van der Waals surface area contributed by atoms with Gasteiger partial charge in [0, 0.05) is 56.3 Å². The number of carboxylic acid groups (broad SMARTS) is 1. The van der Waals surface area contributed by atoms with Gasteiger partial charge in [0.15, 0.2) is 0 Å². The molecule has 0 saturated carbocycles. The second kappa shape index (κ2) is 10.7. The van der Waals surface area contributed by atoms with Gasteiger partial charge in [0.1, 0.15) is 12.7 Å². The lowest BCUT2D eigenvalue weighted by Gasteiger charge is -2.43. The van der Waals surface area contributed by atoms with Crippen molar-refractivity contribution in [1.82, 2.24) is 29.1 Å². The van der Waals surface area contributed by atoms with E-state index in [9.17, 15) is 9.59 Å². The fraction of sp³-hybridized carbons (Fsp3) is 0.609. The van der Waals surface area contributed by atoms with Crippen LogP contribution < -0.4 is 5.56 Å². The second-order valence-corrected chi connectivity index (χ2v) is 9.19. The molecule has 33 heavy (non-hydrogen) atoms. The zero-order valence-electron chi connectivity index (χ0n) is 18.9. The Kier molecular flexibility index (Phi) is 7.54. The van der Waals surface area contributed by atoms with Crippen LogP contribution in [0.3, 0.4) is 0 Å². The maximum absolute atomic E-state index is 13.2. The quantitative estimate of drug-likeness (QED) is 0.672. The van der Waals surface area contributed by atoms with Crippen molar-refractivity contribution in [3.05, 3.63) is 46.4 Å². The molecule has 10 heteroatoms. The van der Waals surface area contributed by atoms with Crippen LogP contribution in [0, 0.1) is 5.92 Å². The molecule has 2 aromatic heterocycles. The number of rotatable bonds is 5. The summed E-state index contributed by atoms with van der Waals surface area (Å²) in [6, 6.07) is 4.18. The van der Waals surface area contributed by atoms with Gasteiger partial charge in [0.05, 0.1) is 0 Å². The Balaban J connectivity index is 0.000000821. The first-order valence-electron chi connectivity index (χ1n) is 11.7. The molecule has 5 heterocycles. The highest BCUT2D eigenvalue weighted by molar-refractivity contribution is 5.76. The van der Waals surface area contributed by atoms with E-state index in [1.807, 2.05) is 20.1 Å². The zero-order chi connectivity index (χ0) is 23.2. The lowest BCUT2D eigenvalue weighted by atomic mass is 9.83. The topological polar surface area (TPSA) is 114 Å². The van der Waals surface area contributed by atoms with E-state index in [1.165, 1.54) is 19.3 Å². The van der Waals surface area contributed by atoms with E-state index in [0.717, 1.165) is 50.4 Å². The molecule has 0 aliphatic carbocycles. The third-order valence-electron chi connectivity index (χ3n) is 6.93. The average molecular weight is 457 g/mol.